The van der Waals surface area contributed by atoms with Crippen LogP contribution in [0.2, 0.25) is 0 Å². The van der Waals surface area contributed by atoms with Gasteiger partial charge in [0.25, 0.3) is 5.91 Å². The molecular formula is C26H37NO4S. The van der Waals surface area contributed by atoms with Crippen LogP contribution in [0.4, 0.5) is 5.69 Å². The summed E-state index contributed by atoms with van der Waals surface area (Å²) in [5.41, 5.74) is -0.616. The predicted molar refractivity (Wildman–Crippen MR) is 129 cm³/mol. The minimum Gasteiger partial charge on any atom is -0.477 e. The summed E-state index contributed by atoms with van der Waals surface area (Å²) in [5, 5.41) is 9.99. The first-order valence-electron chi connectivity index (χ1n) is 11.9. The highest BCUT2D eigenvalue weighted by Gasteiger charge is 2.48. The van der Waals surface area contributed by atoms with E-state index in [1.165, 1.54) is 6.42 Å². The fraction of sp³-hybridized carbons (Fsp3) is 0.692. The van der Waals surface area contributed by atoms with Gasteiger partial charge in [0.15, 0.2) is 0 Å². The maximum absolute atomic E-state index is 13.9. The topological polar surface area (TPSA) is 66.8 Å². The van der Waals surface area contributed by atoms with Crippen LogP contribution in [0.25, 0.3) is 0 Å². The molecule has 0 aromatic carbocycles. The Hall–Kier alpha value is -1.84. The van der Waals surface area contributed by atoms with E-state index in [2.05, 4.69) is 18.8 Å². The average Bonchev–Trinajstić information content (AvgIpc) is 3.17. The zero-order valence-electron chi connectivity index (χ0n) is 20.1. The van der Waals surface area contributed by atoms with E-state index in [1.807, 2.05) is 33.8 Å². The lowest BCUT2D eigenvalue weighted by Crippen LogP contribution is -2.62. The minimum absolute atomic E-state index is 0.108. The Kier molecular flexibility index (Phi) is 7.73. The molecule has 176 valence electrons. The van der Waals surface area contributed by atoms with Crippen LogP contribution in [0.5, 0.6) is 0 Å². The van der Waals surface area contributed by atoms with E-state index in [-0.39, 0.29) is 22.2 Å². The number of amides is 1. The molecule has 2 aliphatic rings. The zero-order chi connectivity index (χ0) is 23.5. The first-order chi connectivity index (χ1) is 15.1. The van der Waals surface area contributed by atoms with Crippen LogP contribution >= 0.6 is 11.3 Å². The molecule has 1 amide bonds. The second kappa shape index (κ2) is 9.97. The number of unbranched alkanes of at least 4 members (excludes halogenated alkanes) is 1. The number of rotatable bonds is 6. The maximum atomic E-state index is 13.9. The summed E-state index contributed by atoms with van der Waals surface area (Å²) < 4.78 is 6.23. The predicted octanol–water partition coefficient (Wildman–Crippen LogP) is 6.10. The number of thiophene rings is 1. The van der Waals surface area contributed by atoms with Crippen LogP contribution < -0.4 is 4.90 Å². The fourth-order valence-corrected chi connectivity index (χ4v) is 5.52. The van der Waals surface area contributed by atoms with Crippen LogP contribution in [0.3, 0.4) is 0 Å². The quantitative estimate of drug-likeness (QED) is 0.522. The second-order valence-corrected chi connectivity index (χ2v) is 11.5. The number of morpholine rings is 1. The standard InChI is InChI=1S/C26H37NO4S/c1-6-7-14-26(5)24(30)27(21(17-31-26)18-11-9-8-10-12-18)20-16-19(13-15-25(2,3)4)32-22(20)23(28)29/h16,18,21H,6-12,14,17H2,1-5H3,(H,28,29)/t21-,26-/m0/s1. The van der Waals surface area contributed by atoms with Gasteiger partial charge < -0.3 is 14.7 Å². The lowest BCUT2D eigenvalue weighted by Gasteiger charge is -2.47. The highest BCUT2D eigenvalue weighted by molar-refractivity contribution is 7.15. The smallest absolute Gasteiger partial charge is 0.348 e. The van der Waals surface area contributed by atoms with Gasteiger partial charge in [-0.25, -0.2) is 4.79 Å². The molecule has 5 nitrogen and oxygen atoms in total. The van der Waals surface area contributed by atoms with Crippen molar-refractivity contribution in [2.45, 2.75) is 97.6 Å². The fourth-order valence-electron chi connectivity index (χ4n) is 4.68. The molecule has 0 unspecified atom stereocenters. The molecule has 2 fully saturated rings. The molecule has 2 heterocycles. The molecule has 1 saturated heterocycles. The molecule has 1 aliphatic heterocycles. The maximum Gasteiger partial charge on any atom is 0.348 e. The van der Waals surface area contributed by atoms with Gasteiger partial charge >= 0.3 is 5.97 Å². The molecule has 1 aromatic rings. The highest BCUT2D eigenvalue weighted by atomic mass is 32.1. The summed E-state index contributed by atoms with van der Waals surface area (Å²) in [6.07, 6.45) is 8.12. The van der Waals surface area contributed by atoms with E-state index in [0.29, 0.717) is 29.5 Å². The van der Waals surface area contributed by atoms with Crippen molar-refractivity contribution in [3.8, 4) is 11.8 Å². The van der Waals surface area contributed by atoms with E-state index in [9.17, 15) is 14.7 Å². The van der Waals surface area contributed by atoms with Gasteiger partial charge in [0.1, 0.15) is 10.5 Å². The third-order valence-corrected chi connectivity index (χ3v) is 7.53. The Balaban J connectivity index is 2.06. The molecule has 1 saturated carbocycles. The van der Waals surface area contributed by atoms with Gasteiger partial charge in [-0.15, -0.1) is 11.3 Å². The number of ether oxygens (including phenoxy) is 1. The molecular weight excluding hydrogens is 422 g/mol. The summed E-state index contributed by atoms with van der Waals surface area (Å²) in [6.45, 7) is 10.5. The molecule has 3 rings (SSSR count). The van der Waals surface area contributed by atoms with Gasteiger partial charge in [-0.2, -0.15) is 0 Å². The Morgan fingerprint density at radius 1 is 1.31 bits per heavy atom. The number of carbonyl (C=O) groups is 2. The SMILES string of the molecule is CCCC[C@]1(C)OC[C@@H](C2CCCCC2)N(c2cc(C#CC(C)(C)C)sc2C(=O)O)C1=O. The highest BCUT2D eigenvalue weighted by Crippen LogP contribution is 2.41. The van der Waals surface area contributed by atoms with E-state index in [1.54, 1.807) is 4.90 Å². The van der Waals surface area contributed by atoms with Gasteiger partial charge in [-0.05, 0) is 58.9 Å². The van der Waals surface area contributed by atoms with Crippen molar-refractivity contribution in [2.75, 3.05) is 11.5 Å². The number of hydrogen-bond acceptors (Lipinski definition) is 4. The normalized spacial score (nSPS) is 24.8. The Morgan fingerprint density at radius 2 is 2.00 bits per heavy atom. The van der Waals surface area contributed by atoms with Crippen LogP contribution in [0.15, 0.2) is 6.07 Å². The first-order valence-corrected chi connectivity index (χ1v) is 12.8. The molecule has 1 aliphatic carbocycles. The van der Waals surface area contributed by atoms with Crippen molar-refractivity contribution in [3.63, 3.8) is 0 Å². The summed E-state index contributed by atoms with van der Waals surface area (Å²) in [4.78, 5) is 28.7. The third-order valence-electron chi connectivity index (χ3n) is 6.50. The van der Waals surface area contributed by atoms with Gasteiger partial charge in [-0.1, -0.05) is 50.9 Å². The molecule has 1 aromatic heterocycles. The van der Waals surface area contributed by atoms with Crippen molar-refractivity contribution >= 4 is 28.9 Å². The van der Waals surface area contributed by atoms with Gasteiger partial charge in [0.05, 0.1) is 23.2 Å². The van der Waals surface area contributed by atoms with Gasteiger partial charge in [0, 0.05) is 5.41 Å². The molecule has 0 spiro atoms. The number of hydrogen-bond donors (Lipinski definition) is 1. The monoisotopic (exact) mass is 459 g/mol. The van der Waals surface area contributed by atoms with Crippen molar-refractivity contribution in [1.29, 1.82) is 0 Å². The second-order valence-electron chi connectivity index (χ2n) is 10.4. The summed E-state index contributed by atoms with van der Waals surface area (Å²) in [6, 6.07) is 1.68. The first kappa shape index (κ1) is 24.8. The van der Waals surface area contributed by atoms with Crippen molar-refractivity contribution in [3.05, 3.63) is 15.8 Å². The molecule has 32 heavy (non-hydrogen) atoms. The lowest BCUT2D eigenvalue weighted by molar-refractivity contribution is -0.154. The Labute approximate surface area is 196 Å². The number of carboxylic acid groups (broad SMARTS) is 1. The summed E-state index contributed by atoms with van der Waals surface area (Å²) >= 11 is 1.16. The zero-order valence-corrected chi connectivity index (χ0v) is 20.9. The van der Waals surface area contributed by atoms with E-state index >= 15 is 0 Å². The van der Waals surface area contributed by atoms with Crippen LogP contribution in [-0.2, 0) is 9.53 Å². The van der Waals surface area contributed by atoms with E-state index in [0.717, 1.165) is 49.9 Å². The lowest BCUT2D eigenvalue weighted by atomic mass is 9.81. The third kappa shape index (κ3) is 5.55. The van der Waals surface area contributed by atoms with Gasteiger partial charge in [-0.3, -0.25) is 4.79 Å². The average molecular weight is 460 g/mol. The Bertz CT molecular complexity index is 897. The summed E-state index contributed by atoms with van der Waals surface area (Å²) in [7, 11) is 0. The number of anilines is 1. The Morgan fingerprint density at radius 3 is 2.59 bits per heavy atom. The number of carboxylic acids is 1. The molecule has 2 atom stereocenters. The molecule has 1 N–H and O–H groups in total. The molecule has 6 heteroatoms. The summed E-state index contributed by atoms with van der Waals surface area (Å²) in [5.74, 6) is 5.54. The minimum atomic E-state index is -1.01. The van der Waals surface area contributed by atoms with Crippen LogP contribution in [0.1, 0.15) is 101 Å². The number of aromatic carboxylic acids is 1. The van der Waals surface area contributed by atoms with E-state index in [4.69, 9.17) is 4.74 Å². The number of carbonyl (C=O) groups excluding carboxylic acids is 1. The van der Waals surface area contributed by atoms with Gasteiger partial charge in [0.2, 0.25) is 0 Å². The number of nitrogens with zero attached hydrogens (tertiary/aromatic N) is 1. The largest absolute Gasteiger partial charge is 0.477 e. The van der Waals surface area contributed by atoms with Crippen molar-refractivity contribution in [2.24, 2.45) is 11.3 Å². The van der Waals surface area contributed by atoms with Crippen LogP contribution in [0, 0.1) is 23.2 Å². The van der Waals surface area contributed by atoms with Crippen molar-refractivity contribution in [1.82, 2.24) is 0 Å². The van der Waals surface area contributed by atoms with Crippen LogP contribution in [-0.4, -0.2) is 35.2 Å². The molecule has 0 radical (unpaired) electrons. The van der Waals surface area contributed by atoms with Crippen molar-refractivity contribution < 1.29 is 19.4 Å². The van der Waals surface area contributed by atoms with E-state index < -0.39 is 11.6 Å². The molecule has 0 bridgehead atoms.